The molecule has 0 saturated carbocycles. The predicted octanol–water partition coefficient (Wildman–Crippen LogP) is 3.65. The molecule has 0 atom stereocenters. The molecule has 0 radical (unpaired) electrons. The van der Waals surface area contributed by atoms with Gasteiger partial charge < -0.3 is 14.8 Å². The van der Waals surface area contributed by atoms with Gasteiger partial charge >= 0.3 is 0 Å². The average molecular weight is 475 g/mol. The second-order valence-electron chi connectivity index (χ2n) is 7.86. The summed E-state index contributed by atoms with van der Waals surface area (Å²) in [5.74, 6) is 0.366. The minimum Gasteiger partial charge on any atom is -0.496 e. The summed E-state index contributed by atoms with van der Waals surface area (Å²) in [6.07, 6.45) is 2.63. The molecule has 2 aromatic carbocycles. The molecule has 1 N–H and O–H groups in total. The molecule has 0 aliphatic carbocycles. The van der Waals surface area contributed by atoms with E-state index in [0.29, 0.717) is 42.3 Å². The van der Waals surface area contributed by atoms with Gasteiger partial charge in [-0.3, -0.25) is 9.59 Å². The molecule has 0 aromatic heterocycles. The van der Waals surface area contributed by atoms with Crippen molar-refractivity contribution >= 4 is 27.4 Å². The third kappa shape index (κ3) is 5.91. The minimum atomic E-state index is -3.67. The van der Waals surface area contributed by atoms with Gasteiger partial charge in [-0.25, -0.2) is 8.42 Å². The normalized spacial score (nSPS) is 14.5. The first kappa shape index (κ1) is 24.7. The van der Waals surface area contributed by atoms with Crippen LogP contribution in [-0.2, 0) is 21.2 Å². The molecular formula is C24H30N2O6S. The lowest BCUT2D eigenvalue weighted by Gasteiger charge is -2.26. The van der Waals surface area contributed by atoms with Crippen LogP contribution in [0.15, 0.2) is 41.3 Å². The van der Waals surface area contributed by atoms with E-state index in [2.05, 4.69) is 5.32 Å². The first-order valence-corrected chi connectivity index (χ1v) is 12.4. The number of hydrogen-bond donors (Lipinski definition) is 1. The number of hydrogen-bond acceptors (Lipinski definition) is 6. The van der Waals surface area contributed by atoms with Gasteiger partial charge in [0.1, 0.15) is 11.5 Å². The Bertz CT molecular complexity index is 1120. The highest BCUT2D eigenvalue weighted by atomic mass is 32.2. The van der Waals surface area contributed by atoms with Crippen LogP contribution in [0.1, 0.15) is 49.0 Å². The smallest absolute Gasteiger partial charge is 0.243 e. The lowest BCUT2D eigenvalue weighted by Crippen LogP contribution is -2.35. The highest BCUT2D eigenvalue weighted by Gasteiger charge is 2.27. The van der Waals surface area contributed by atoms with Crippen LogP contribution < -0.4 is 14.8 Å². The van der Waals surface area contributed by atoms with Crippen molar-refractivity contribution in [3.05, 3.63) is 47.5 Å². The fraction of sp³-hybridized carbons (Fsp3) is 0.417. The van der Waals surface area contributed by atoms with Crippen LogP contribution in [0.4, 0.5) is 5.69 Å². The number of piperidine rings is 1. The summed E-state index contributed by atoms with van der Waals surface area (Å²) in [4.78, 5) is 24.7. The molecular weight excluding hydrogens is 444 g/mol. The molecule has 1 aliphatic rings. The number of ether oxygens (including phenoxy) is 2. The van der Waals surface area contributed by atoms with Crippen LogP contribution in [-0.4, -0.2) is 51.2 Å². The molecule has 0 spiro atoms. The zero-order valence-electron chi connectivity index (χ0n) is 19.2. The fourth-order valence-corrected chi connectivity index (χ4v) is 5.35. The maximum Gasteiger partial charge on any atom is 0.243 e. The van der Waals surface area contributed by atoms with E-state index in [-0.39, 0.29) is 28.7 Å². The van der Waals surface area contributed by atoms with Crippen LogP contribution in [0.3, 0.4) is 0 Å². The van der Waals surface area contributed by atoms with Crippen molar-refractivity contribution in [1.29, 1.82) is 0 Å². The summed E-state index contributed by atoms with van der Waals surface area (Å²) in [6.45, 7) is 4.60. The van der Waals surface area contributed by atoms with Gasteiger partial charge in [0.15, 0.2) is 5.78 Å². The highest BCUT2D eigenvalue weighted by molar-refractivity contribution is 7.89. The van der Waals surface area contributed by atoms with E-state index in [1.807, 2.05) is 6.92 Å². The number of rotatable bonds is 9. The number of nitrogens with one attached hydrogen (secondary N) is 1. The van der Waals surface area contributed by atoms with Crippen LogP contribution in [0.2, 0.25) is 0 Å². The third-order valence-electron chi connectivity index (χ3n) is 5.52. The number of ketones is 1. The van der Waals surface area contributed by atoms with Crippen molar-refractivity contribution in [2.45, 2.75) is 44.4 Å². The molecule has 1 fully saturated rings. The van der Waals surface area contributed by atoms with Crippen molar-refractivity contribution in [3.63, 3.8) is 0 Å². The Labute approximate surface area is 194 Å². The van der Waals surface area contributed by atoms with Gasteiger partial charge in [0, 0.05) is 24.2 Å². The summed E-state index contributed by atoms with van der Waals surface area (Å²) in [6, 6.07) is 9.43. The van der Waals surface area contributed by atoms with Gasteiger partial charge in [0.25, 0.3) is 0 Å². The monoisotopic (exact) mass is 474 g/mol. The summed E-state index contributed by atoms with van der Waals surface area (Å²) in [5, 5.41) is 2.77. The van der Waals surface area contributed by atoms with Gasteiger partial charge in [0.2, 0.25) is 15.9 Å². The maximum atomic E-state index is 13.1. The number of nitrogens with zero attached hydrogens (tertiary/aromatic N) is 1. The minimum absolute atomic E-state index is 0.0566. The van der Waals surface area contributed by atoms with Gasteiger partial charge in [-0.2, -0.15) is 4.31 Å². The first-order chi connectivity index (χ1) is 15.8. The van der Waals surface area contributed by atoms with Crippen molar-refractivity contribution in [1.82, 2.24) is 4.31 Å². The SMILES string of the molecule is CCOc1ccc(S(=O)(=O)N2CCCCC2)cc1NC(=O)Cc1cc(C(C)=O)ccc1OC. The average Bonchev–Trinajstić information content (AvgIpc) is 2.80. The van der Waals surface area contributed by atoms with Crippen LogP contribution >= 0.6 is 0 Å². The number of benzene rings is 2. The largest absolute Gasteiger partial charge is 0.496 e. The molecule has 178 valence electrons. The molecule has 1 amide bonds. The molecule has 33 heavy (non-hydrogen) atoms. The molecule has 0 bridgehead atoms. The third-order valence-corrected chi connectivity index (χ3v) is 7.41. The van der Waals surface area contributed by atoms with E-state index >= 15 is 0 Å². The van der Waals surface area contributed by atoms with Crippen molar-refractivity contribution in [3.8, 4) is 11.5 Å². The predicted molar refractivity (Wildman–Crippen MR) is 126 cm³/mol. The van der Waals surface area contributed by atoms with Gasteiger partial charge in [-0.05, 0) is 63.1 Å². The van der Waals surface area contributed by atoms with Gasteiger partial charge in [-0.15, -0.1) is 0 Å². The van der Waals surface area contributed by atoms with E-state index < -0.39 is 10.0 Å². The standard InChI is InChI=1S/C24H30N2O6S/c1-4-32-23-11-9-20(33(29,30)26-12-6-5-7-13-26)16-21(23)25-24(28)15-19-14-18(17(2)27)8-10-22(19)31-3/h8-11,14,16H,4-7,12-13,15H2,1-3H3,(H,25,28). The van der Waals surface area contributed by atoms with Crippen LogP contribution in [0.25, 0.3) is 0 Å². The Balaban J connectivity index is 1.87. The van der Waals surface area contributed by atoms with E-state index in [1.54, 1.807) is 24.3 Å². The van der Waals surface area contributed by atoms with E-state index in [0.717, 1.165) is 19.3 Å². The molecule has 0 unspecified atom stereocenters. The maximum absolute atomic E-state index is 13.1. The molecule has 3 rings (SSSR count). The molecule has 8 nitrogen and oxygen atoms in total. The number of Topliss-reactive ketones (excluding diaryl/α,β-unsaturated/α-hetero) is 1. The Hall–Kier alpha value is -2.91. The number of carbonyl (C=O) groups is 2. The Morgan fingerprint density at radius 2 is 1.73 bits per heavy atom. The summed E-state index contributed by atoms with van der Waals surface area (Å²) >= 11 is 0. The number of methoxy groups -OCH3 is 1. The summed E-state index contributed by atoms with van der Waals surface area (Å²) in [5.41, 5.74) is 1.31. The lowest BCUT2D eigenvalue weighted by molar-refractivity contribution is -0.115. The van der Waals surface area contributed by atoms with Crippen molar-refractivity contribution in [2.24, 2.45) is 0 Å². The number of amides is 1. The topological polar surface area (TPSA) is 102 Å². The second-order valence-corrected chi connectivity index (χ2v) is 9.80. The fourth-order valence-electron chi connectivity index (χ4n) is 3.81. The molecule has 1 saturated heterocycles. The van der Waals surface area contributed by atoms with Gasteiger partial charge in [0.05, 0.1) is 30.7 Å². The van der Waals surface area contributed by atoms with Crippen LogP contribution in [0.5, 0.6) is 11.5 Å². The van der Waals surface area contributed by atoms with E-state index in [4.69, 9.17) is 9.47 Å². The lowest BCUT2D eigenvalue weighted by atomic mass is 10.0. The molecule has 9 heteroatoms. The zero-order valence-corrected chi connectivity index (χ0v) is 20.0. The van der Waals surface area contributed by atoms with E-state index in [1.165, 1.54) is 30.5 Å². The Kier molecular flexibility index (Phi) is 8.10. The summed E-state index contributed by atoms with van der Waals surface area (Å²) < 4.78 is 38.6. The zero-order chi connectivity index (χ0) is 24.0. The second kappa shape index (κ2) is 10.8. The van der Waals surface area contributed by atoms with Crippen molar-refractivity contribution < 1.29 is 27.5 Å². The Morgan fingerprint density at radius 1 is 1.03 bits per heavy atom. The number of carbonyl (C=O) groups excluding carboxylic acids is 2. The molecule has 1 heterocycles. The highest BCUT2D eigenvalue weighted by Crippen LogP contribution is 2.31. The first-order valence-electron chi connectivity index (χ1n) is 11.0. The number of sulfonamides is 1. The number of anilines is 1. The Morgan fingerprint density at radius 3 is 2.36 bits per heavy atom. The summed E-state index contributed by atoms with van der Waals surface area (Å²) in [7, 11) is -2.18. The quantitative estimate of drug-likeness (QED) is 0.557. The molecule has 1 aliphatic heterocycles. The van der Waals surface area contributed by atoms with Crippen LogP contribution in [0, 0.1) is 0 Å². The van der Waals surface area contributed by atoms with Crippen molar-refractivity contribution in [2.75, 3.05) is 32.1 Å². The van der Waals surface area contributed by atoms with Gasteiger partial charge in [-0.1, -0.05) is 6.42 Å². The van der Waals surface area contributed by atoms with E-state index in [9.17, 15) is 18.0 Å². The molecule has 2 aromatic rings.